The molecule has 1 aromatic rings. The van der Waals surface area contributed by atoms with Gasteiger partial charge in [0.1, 0.15) is 0 Å². The Morgan fingerprint density at radius 2 is 2.05 bits per heavy atom. The molecule has 19 heavy (non-hydrogen) atoms. The van der Waals surface area contributed by atoms with Gasteiger partial charge in [0.2, 0.25) is 0 Å². The van der Waals surface area contributed by atoms with Gasteiger partial charge in [-0.3, -0.25) is 0 Å². The van der Waals surface area contributed by atoms with Gasteiger partial charge in [-0.2, -0.15) is 0 Å². The molecule has 1 aliphatic rings. The van der Waals surface area contributed by atoms with Crippen LogP contribution in [0, 0.1) is 12.3 Å². The summed E-state index contributed by atoms with van der Waals surface area (Å²) in [6.07, 6.45) is 2.57. The molecule has 0 aliphatic heterocycles. The van der Waals surface area contributed by atoms with E-state index in [0.717, 1.165) is 24.1 Å². The van der Waals surface area contributed by atoms with Crippen molar-refractivity contribution < 1.29 is 0 Å². The first-order chi connectivity index (χ1) is 8.88. The highest BCUT2D eigenvalue weighted by molar-refractivity contribution is 9.10. The Labute approximate surface area is 125 Å². The third-order valence-electron chi connectivity index (χ3n) is 4.39. The average Bonchev–Trinajstić information content (AvgIpc) is 3.12. The SMILES string of the molecule is Cc1ccc(Br)cc1C(C)(C)CNCC1(CN)CC1. The van der Waals surface area contributed by atoms with Crippen LogP contribution in [0.5, 0.6) is 0 Å². The fraction of sp³-hybridized carbons (Fsp3) is 0.625. The van der Waals surface area contributed by atoms with Crippen molar-refractivity contribution in [2.75, 3.05) is 19.6 Å². The normalized spacial score (nSPS) is 17.5. The van der Waals surface area contributed by atoms with E-state index in [4.69, 9.17) is 5.73 Å². The second-order valence-corrected chi connectivity index (χ2v) is 7.57. The third-order valence-corrected chi connectivity index (χ3v) is 4.88. The number of nitrogens with one attached hydrogen (secondary N) is 1. The van der Waals surface area contributed by atoms with Crippen LogP contribution in [0.2, 0.25) is 0 Å². The topological polar surface area (TPSA) is 38.0 Å². The van der Waals surface area contributed by atoms with Crippen molar-refractivity contribution in [3.8, 4) is 0 Å². The molecule has 3 N–H and O–H groups in total. The summed E-state index contributed by atoms with van der Waals surface area (Å²) in [5.41, 5.74) is 9.14. The first kappa shape index (κ1) is 15.0. The van der Waals surface area contributed by atoms with Crippen LogP contribution >= 0.6 is 15.9 Å². The van der Waals surface area contributed by atoms with E-state index in [-0.39, 0.29) is 5.41 Å². The molecule has 0 heterocycles. The van der Waals surface area contributed by atoms with E-state index in [2.05, 4.69) is 60.2 Å². The van der Waals surface area contributed by atoms with Crippen molar-refractivity contribution in [1.82, 2.24) is 5.32 Å². The third kappa shape index (κ3) is 3.59. The molecule has 3 heteroatoms. The fourth-order valence-electron chi connectivity index (χ4n) is 2.69. The summed E-state index contributed by atoms with van der Waals surface area (Å²) in [7, 11) is 0. The molecule has 0 spiro atoms. The first-order valence-corrected chi connectivity index (χ1v) is 7.85. The van der Waals surface area contributed by atoms with Gasteiger partial charge >= 0.3 is 0 Å². The Kier molecular flexibility index (Phi) is 4.38. The highest BCUT2D eigenvalue weighted by atomic mass is 79.9. The molecule has 0 amide bonds. The summed E-state index contributed by atoms with van der Waals surface area (Å²) in [5, 5.41) is 3.63. The van der Waals surface area contributed by atoms with Crippen LogP contribution in [0.25, 0.3) is 0 Å². The van der Waals surface area contributed by atoms with Crippen LogP contribution < -0.4 is 11.1 Å². The molecule has 2 nitrogen and oxygen atoms in total. The molecule has 0 unspecified atom stereocenters. The quantitative estimate of drug-likeness (QED) is 0.842. The minimum Gasteiger partial charge on any atom is -0.330 e. The molecule has 0 aromatic heterocycles. The van der Waals surface area contributed by atoms with E-state index in [1.165, 1.54) is 24.0 Å². The minimum absolute atomic E-state index is 0.137. The monoisotopic (exact) mass is 324 g/mol. The maximum absolute atomic E-state index is 5.83. The molecule has 2 rings (SSSR count). The summed E-state index contributed by atoms with van der Waals surface area (Å²) in [4.78, 5) is 0. The zero-order chi connectivity index (χ0) is 14.1. The minimum atomic E-state index is 0.137. The van der Waals surface area contributed by atoms with Gasteiger partial charge in [0.25, 0.3) is 0 Å². The molecule has 0 bridgehead atoms. The summed E-state index contributed by atoms with van der Waals surface area (Å²) < 4.78 is 1.15. The molecule has 1 fully saturated rings. The zero-order valence-corrected chi connectivity index (χ0v) is 13.8. The number of hydrogen-bond donors (Lipinski definition) is 2. The standard InChI is InChI=1S/C16H25BrN2/c1-12-4-5-13(17)8-14(12)15(2,3)10-19-11-16(9-18)6-7-16/h4-5,8,19H,6-7,9-11,18H2,1-3H3. The smallest absolute Gasteiger partial charge is 0.0178 e. The molecular formula is C16H25BrN2. The molecule has 0 saturated heterocycles. The summed E-state index contributed by atoms with van der Waals surface area (Å²) in [5.74, 6) is 0. The number of benzene rings is 1. The van der Waals surface area contributed by atoms with Crippen molar-refractivity contribution in [1.29, 1.82) is 0 Å². The van der Waals surface area contributed by atoms with Crippen molar-refractivity contribution >= 4 is 15.9 Å². The second-order valence-electron chi connectivity index (χ2n) is 6.65. The maximum atomic E-state index is 5.83. The van der Waals surface area contributed by atoms with Gasteiger partial charge in [-0.25, -0.2) is 0 Å². The Morgan fingerprint density at radius 1 is 1.37 bits per heavy atom. The number of aryl methyl sites for hydroxylation is 1. The van der Waals surface area contributed by atoms with Crippen molar-refractivity contribution in [3.05, 3.63) is 33.8 Å². The van der Waals surface area contributed by atoms with Crippen LogP contribution in [0.1, 0.15) is 37.8 Å². The summed E-state index contributed by atoms with van der Waals surface area (Å²) >= 11 is 3.57. The Balaban J connectivity index is 1.99. The molecular weight excluding hydrogens is 300 g/mol. The Hall–Kier alpha value is -0.380. The summed E-state index contributed by atoms with van der Waals surface area (Å²) in [6, 6.07) is 6.53. The molecule has 1 saturated carbocycles. The van der Waals surface area contributed by atoms with Gasteiger partial charge in [0, 0.05) is 23.0 Å². The lowest BCUT2D eigenvalue weighted by Gasteiger charge is -2.29. The van der Waals surface area contributed by atoms with E-state index in [0.29, 0.717) is 5.41 Å². The van der Waals surface area contributed by atoms with Gasteiger partial charge in [-0.05, 0) is 55.0 Å². The Bertz CT molecular complexity index is 450. The maximum Gasteiger partial charge on any atom is 0.0178 e. The fourth-order valence-corrected chi connectivity index (χ4v) is 3.05. The van der Waals surface area contributed by atoms with E-state index in [1.807, 2.05) is 0 Å². The lowest BCUT2D eigenvalue weighted by molar-refractivity contribution is 0.409. The molecule has 1 aliphatic carbocycles. The lowest BCUT2D eigenvalue weighted by atomic mass is 9.82. The number of hydrogen-bond acceptors (Lipinski definition) is 2. The number of halogens is 1. The molecule has 1 aromatic carbocycles. The first-order valence-electron chi connectivity index (χ1n) is 7.06. The highest BCUT2D eigenvalue weighted by Crippen LogP contribution is 2.43. The Morgan fingerprint density at radius 3 is 2.63 bits per heavy atom. The molecule has 106 valence electrons. The van der Waals surface area contributed by atoms with Crippen LogP contribution in [0.3, 0.4) is 0 Å². The van der Waals surface area contributed by atoms with Crippen molar-refractivity contribution in [2.45, 2.75) is 39.0 Å². The van der Waals surface area contributed by atoms with Crippen molar-refractivity contribution in [2.24, 2.45) is 11.1 Å². The van der Waals surface area contributed by atoms with Crippen LogP contribution in [0.4, 0.5) is 0 Å². The predicted octanol–water partition coefficient (Wildman–Crippen LogP) is 3.36. The van der Waals surface area contributed by atoms with Gasteiger partial charge in [-0.15, -0.1) is 0 Å². The molecule has 0 radical (unpaired) electrons. The van der Waals surface area contributed by atoms with Crippen LogP contribution in [-0.4, -0.2) is 19.6 Å². The van der Waals surface area contributed by atoms with E-state index < -0.39 is 0 Å². The lowest BCUT2D eigenvalue weighted by Crippen LogP contribution is -2.38. The van der Waals surface area contributed by atoms with Crippen molar-refractivity contribution in [3.63, 3.8) is 0 Å². The van der Waals surface area contributed by atoms with Crippen LogP contribution in [-0.2, 0) is 5.41 Å². The van der Waals surface area contributed by atoms with Crippen LogP contribution in [0.15, 0.2) is 22.7 Å². The average molecular weight is 325 g/mol. The van der Waals surface area contributed by atoms with Gasteiger partial charge in [0.05, 0.1) is 0 Å². The van der Waals surface area contributed by atoms with E-state index in [1.54, 1.807) is 0 Å². The number of nitrogens with two attached hydrogens (primary N) is 1. The largest absolute Gasteiger partial charge is 0.330 e. The molecule has 0 atom stereocenters. The zero-order valence-electron chi connectivity index (χ0n) is 12.2. The predicted molar refractivity (Wildman–Crippen MR) is 85.5 cm³/mol. The van der Waals surface area contributed by atoms with Gasteiger partial charge in [0.15, 0.2) is 0 Å². The highest BCUT2D eigenvalue weighted by Gasteiger charge is 2.40. The van der Waals surface area contributed by atoms with Gasteiger partial charge in [-0.1, -0.05) is 35.8 Å². The second kappa shape index (κ2) is 5.55. The number of rotatable bonds is 6. The van der Waals surface area contributed by atoms with Gasteiger partial charge < -0.3 is 11.1 Å². The summed E-state index contributed by atoms with van der Waals surface area (Å²) in [6.45, 7) is 9.65. The van der Waals surface area contributed by atoms with E-state index in [9.17, 15) is 0 Å². The van der Waals surface area contributed by atoms with E-state index >= 15 is 0 Å².